The summed E-state index contributed by atoms with van der Waals surface area (Å²) in [4.78, 5) is 38.2. The maximum atomic E-state index is 14.4. The highest BCUT2D eigenvalue weighted by Gasteiger charge is 2.73. The molecule has 15 heteroatoms. The molecule has 1 heterocycles. The van der Waals surface area contributed by atoms with Crippen molar-refractivity contribution < 1.29 is 68.1 Å². The Morgan fingerprint density at radius 1 is 0.947 bits per heavy atom. The third-order valence-electron chi connectivity index (χ3n) is 7.35. The van der Waals surface area contributed by atoms with Gasteiger partial charge in [-0.25, -0.2) is 0 Å². The van der Waals surface area contributed by atoms with Gasteiger partial charge < -0.3 is 14.2 Å². The van der Waals surface area contributed by atoms with E-state index in [1.54, 1.807) is 0 Å². The van der Waals surface area contributed by atoms with Crippen LogP contribution in [0.4, 0.5) is 39.5 Å². The second-order valence-electron chi connectivity index (χ2n) is 11.1. The Kier molecular flexibility index (Phi) is 7.15. The Balaban J connectivity index is 1.98. The minimum absolute atomic E-state index is 0.0984. The molecular weight excluding hydrogens is 543 g/mol. The summed E-state index contributed by atoms with van der Waals surface area (Å²) < 4.78 is 135. The van der Waals surface area contributed by atoms with Gasteiger partial charge in [0.2, 0.25) is 0 Å². The molecule has 3 rings (SSSR count). The summed E-state index contributed by atoms with van der Waals surface area (Å²) >= 11 is 0. The summed E-state index contributed by atoms with van der Waals surface area (Å²) in [5.41, 5.74) is -4.95. The van der Waals surface area contributed by atoms with E-state index in [1.807, 2.05) is 0 Å². The Bertz CT molecular complexity index is 988. The summed E-state index contributed by atoms with van der Waals surface area (Å²) in [5.74, 6) is -10.8. The quantitative estimate of drug-likeness (QED) is 0.194. The molecule has 0 aromatic heterocycles. The van der Waals surface area contributed by atoms with Gasteiger partial charge in [0, 0.05) is 11.8 Å². The van der Waals surface area contributed by atoms with Crippen LogP contribution in [0.1, 0.15) is 41.0 Å². The van der Waals surface area contributed by atoms with Gasteiger partial charge >= 0.3 is 36.4 Å². The van der Waals surface area contributed by atoms with Crippen LogP contribution in [0, 0.1) is 34.5 Å². The maximum Gasteiger partial charge on any atom is 0.434 e. The second kappa shape index (κ2) is 9.04. The molecule has 0 radical (unpaired) electrons. The highest BCUT2D eigenvalue weighted by molar-refractivity contribution is 5.87. The van der Waals surface area contributed by atoms with Crippen LogP contribution in [0.25, 0.3) is 0 Å². The van der Waals surface area contributed by atoms with Crippen LogP contribution in [0.5, 0.6) is 0 Å². The van der Waals surface area contributed by atoms with Crippen molar-refractivity contribution in [1.82, 2.24) is 0 Å². The van der Waals surface area contributed by atoms with E-state index in [-0.39, 0.29) is 12.0 Å². The fourth-order valence-electron chi connectivity index (χ4n) is 5.84. The van der Waals surface area contributed by atoms with Crippen molar-refractivity contribution >= 4 is 17.9 Å². The molecule has 0 amide bonds. The number of ether oxygens (including phenoxy) is 3. The standard InChI is InChI=1S/C23H25F9O6/c1-8(2)7-20(19(3,4)5,23(30,31)32)18(35)37-14-10-6-9-11(15(33)36-13(9)14)12(10)16(34)38-17(21(24,25)26)22(27,28)29/h7,9-14,17H,6H2,1-5H3. The third-order valence-corrected chi connectivity index (χ3v) is 7.35. The predicted molar refractivity (Wildman–Crippen MR) is 108 cm³/mol. The summed E-state index contributed by atoms with van der Waals surface area (Å²) in [6.45, 7) is 6.00. The fraction of sp³-hybridized carbons (Fsp3) is 0.783. The van der Waals surface area contributed by atoms with Gasteiger partial charge in [0.25, 0.3) is 6.10 Å². The van der Waals surface area contributed by atoms with E-state index in [0.717, 1.165) is 20.8 Å². The number of fused-ring (bicyclic) bond motifs is 1. The Morgan fingerprint density at radius 3 is 1.89 bits per heavy atom. The number of hydrogen-bond donors (Lipinski definition) is 0. The van der Waals surface area contributed by atoms with Crippen LogP contribution < -0.4 is 0 Å². The van der Waals surface area contributed by atoms with Gasteiger partial charge in [-0.3, -0.25) is 14.4 Å². The molecule has 7 unspecified atom stereocenters. The number of halogens is 9. The van der Waals surface area contributed by atoms with E-state index in [2.05, 4.69) is 4.74 Å². The summed E-state index contributed by atoms with van der Waals surface area (Å²) in [5, 5.41) is 0. The number of rotatable bonds is 5. The zero-order chi connectivity index (χ0) is 29.4. The molecular formula is C23H25F9O6. The number of esters is 3. The van der Waals surface area contributed by atoms with Crippen LogP contribution >= 0.6 is 0 Å². The van der Waals surface area contributed by atoms with E-state index >= 15 is 0 Å². The molecule has 1 aliphatic heterocycles. The zero-order valence-corrected chi connectivity index (χ0v) is 20.7. The molecule has 1 saturated heterocycles. The molecule has 2 aliphatic carbocycles. The van der Waals surface area contributed by atoms with Gasteiger partial charge in [0.05, 0.1) is 11.8 Å². The molecule has 3 fully saturated rings. The minimum atomic E-state index is -6.03. The lowest BCUT2D eigenvalue weighted by Crippen LogP contribution is -2.56. The predicted octanol–water partition coefficient (Wildman–Crippen LogP) is 5.30. The van der Waals surface area contributed by atoms with Crippen molar-refractivity contribution in [2.24, 2.45) is 34.5 Å². The Morgan fingerprint density at radius 2 is 1.47 bits per heavy atom. The van der Waals surface area contributed by atoms with Gasteiger partial charge in [-0.15, -0.1) is 0 Å². The van der Waals surface area contributed by atoms with Gasteiger partial charge in [-0.1, -0.05) is 32.4 Å². The van der Waals surface area contributed by atoms with Crippen molar-refractivity contribution in [2.75, 3.05) is 0 Å². The second-order valence-corrected chi connectivity index (χ2v) is 11.1. The molecule has 0 spiro atoms. The van der Waals surface area contributed by atoms with Crippen LogP contribution in [-0.2, 0) is 28.6 Å². The Labute approximate surface area is 210 Å². The van der Waals surface area contributed by atoms with Crippen LogP contribution in [0.2, 0.25) is 0 Å². The lowest BCUT2D eigenvalue weighted by molar-refractivity contribution is -0.315. The normalized spacial score (nSPS) is 30.7. The van der Waals surface area contributed by atoms with Crippen molar-refractivity contribution in [3.05, 3.63) is 11.6 Å². The summed E-state index contributed by atoms with van der Waals surface area (Å²) in [7, 11) is 0. The van der Waals surface area contributed by atoms with Gasteiger partial charge in [0.15, 0.2) is 5.41 Å². The molecule has 3 aliphatic rings. The van der Waals surface area contributed by atoms with Gasteiger partial charge in [0.1, 0.15) is 12.2 Å². The van der Waals surface area contributed by atoms with Crippen molar-refractivity contribution in [1.29, 1.82) is 0 Å². The van der Waals surface area contributed by atoms with Crippen LogP contribution in [-0.4, -0.2) is 54.7 Å². The number of carbonyl (C=O) groups is 3. The number of carbonyl (C=O) groups excluding carboxylic acids is 3. The highest BCUT2D eigenvalue weighted by atomic mass is 19.4. The lowest BCUT2D eigenvalue weighted by atomic mass is 9.65. The average molecular weight is 568 g/mol. The van der Waals surface area contributed by atoms with E-state index in [9.17, 15) is 53.9 Å². The molecule has 216 valence electrons. The molecule has 38 heavy (non-hydrogen) atoms. The van der Waals surface area contributed by atoms with Crippen LogP contribution in [0.15, 0.2) is 11.6 Å². The van der Waals surface area contributed by atoms with E-state index in [1.165, 1.54) is 13.8 Å². The van der Waals surface area contributed by atoms with Gasteiger partial charge in [-0.2, -0.15) is 39.5 Å². The molecule has 2 bridgehead atoms. The van der Waals surface area contributed by atoms with Crippen molar-refractivity contribution in [3.63, 3.8) is 0 Å². The monoisotopic (exact) mass is 568 g/mol. The average Bonchev–Trinajstić information content (AvgIpc) is 3.29. The molecule has 0 aromatic rings. The summed E-state index contributed by atoms with van der Waals surface area (Å²) in [6.07, 6.45) is -24.3. The number of hydrogen-bond acceptors (Lipinski definition) is 6. The zero-order valence-electron chi connectivity index (χ0n) is 20.7. The largest absolute Gasteiger partial charge is 0.458 e. The van der Waals surface area contributed by atoms with Crippen LogP contribution in [0.3, 0.4) is 0 Å². The first-order chi connectivity index (χ1) is 16.9. The maximum absolute atomic E-state index is 14.4. The molecule has 2 saturated carbocycles. The summed E-state index contributed by atoms with van der Waals surface area (Å²) in [6, 6.07) is 0. The third kappa shape index (κ3) is 4.74. The van der Waals surface area contributed by atoms with Gasteiger partial charge in [-0.05, 0) is 25.7 Å². The molecule has 0 aromatic carbocycles. The first kappa shape index (κ1) is 30.1. The fourth-order valence-corrected chi connectivity index (χ4v) is 5.84. The first-order valence-electron chi connectivity index (χ1n) is 11.4. The first-order valence-corrected chi connectivity index (χ1v) is 11.4. The smallest absolute Gasteiger partial charge is 0.434 e. The van der Waals surface area contributed by atoms with E-state index < -0.39 is 89.3 Å². The van der Waals surface area contributed by atoms with Crippen molar-refractivity contribution in [3.8, 4) is 0 Å². The molecule has 6 nitrogen and oxygen atoms in total. The topological polar surface area (TPSA) is 78.9 Å². The molecule has 0 N–H and O–H groups in total. The lowest BCUT2D eigenvalue weighted by Gasteiger charge is -2.43. The van der Waals surface area contributed by atoms with Crippen molar-refractivity contribution in [2.45, 2.75) is 77.9 Å². The SMILES string of the molecule is CC(C)=CC(C(=O)OC1C2CC3C1OC(=O)C3C2C(=O)OC(C(F)(F)F)C(F)(F)F)(C(C)(C)C)C(F)(F)F. The number of allylic oxidation sites excluding steroid dienone is 1. The van der Waals surface area contributed by atoms with E-state index in [4.69, 9.17) is 9.47 Å². The number of alkyl halides is 9. The minimum Gasteiger partial charge on any atom is -0.458 e. The van der Waals surface area contributed by atoms with E-state index in [0.29, 0.717) is 6.08 Å². The Hall–Kier alpha value is -2.48. The molecule has 7 atom stereocenters. The highest BCUT2D eigenvalue weighted by Crippen LogP contribution is 2.61.